The maximum atomic E-state index is 11.9. The first-order chi connectivity index (χ1) is 9.66. The van der Waals surface area contributed by atoms with Crippen molar-refractivity contribution in [1.29, 1.82) is 0 Å². The van der Waals surface area contributed by atoms with Crippen LogP contribution in [-0.2, 0) is 0 Å². The summed E-state index contributed by atoms with van der Waals surface area (Å²) in [5, 5.41) is 4.73. The molecule has 5 heteroatoms. The Bertz CT molecular complexity index is 798. The van der Waals surface area contributed by atoms with E-state index in [0.717, 1.165) is 27.5 Å². The van der Waals surface area contributed by atoms with Crippen LogP contribution in [0.2, 0.25) is 0 Å². The van der Waals surface area contributed by atoms with Gasteiger partial charge in [0.1, 0.15) is 0 Å². The lowest BCUT2D eigenvalue weighted by atomic mass is 10.1. The van der Waals surface area contributed by atoms with E-state index in [1.54, 1.807) is 26.5 Å². The predicted octanol–water partition coefficient (Wildman–Crippen LogP) is 2.88. The topological polar surface area (TPSA) is 58.1 Å². The van der Waals surface area contributed by atoms with E-state index in [4.69, 9.17) is 0 Å². The van der Waals surface area contributed by atoms with Gasteiger partial charge < -0.3 is 10.2 Å². The molecule has 0 aliphatic carbocycles. The van der Waals surface area contributed by atoms with Gasteiger partial charge in [-0.15, -0.1) is 0 Å². The Balaban J connectivity index is 2.26. The number of urea groups is 1. The van der Waals surface area contributed by atoms with Crippen molar-refractivity contribution in [2.24, 2.45) is 0 Å². The van der Waals surface area contributed by atoms with Gasteiger partial charge in [0.25, 0.3) is 0 Å². The van der Waals surface area contributed by atoms with Crippen molar-refractivity contribution in [3.05, 3.63) is 42.7 Å². The summed E-state index contributed by atoms with van der Waals surface area (Å²) < 4.78 is 0. The van der Waals surface area contributed by atoms with E-state index < -0.39 is 0 Å². The molecule has 0 radical (unpaired) electrons. The molecule has 20 heavy (non-hydrogen) atoms. The first-order valence-electron chi connectivity index (χ1n) is 6.27. The molecule has 0 fully saturated rings. The van der Waals surface area contributed by atoms with Crippen molar-refractivity contribution >= 4 is 33.5 Å². The summed E-state index contributed by atoms with van der Waals surface area (Å²) in [5.41, 5.74) is 2.37. The Hall–Kier alpha value is -2.69. The van der Waals surface area contributed by atoms with E-state index in [1.807, 2.05) is 30.3 Å². The summed E-state index contributed by atoms with van der Waals surface area (Å²) in [6.07, 6.45) is 3.47. The van der Waals surface area contributed by atoms with Crippen LogP contribution in [0.1, 0.15) is 0 Å². The Labute approximate surface area is 116 Å². The number of rotatable bonds is 1. The molecule has 0 saturated heterocycles. The second kappa shape index (κ2) is 4.77. The normalized spacial score (nSPS) is 10.7. The number of hydrogen-bond acceptors (Lipinski definition) is 3. The molecule has 0 atom stereocenters. The van der Waals surface area contributed by atoms with E-state index in [1.165, 1.54) is 4.90 Å². The van der Waals surface area contributed by atoms with Crippen LogP contribution in [-0.4, -0.2) is 35.0 Å². The fourth-order valence-corrected chi connectivity index (χ4v) is 2.11. The van der Waals surface area contributed by atoms with E-state index in [9.17, 15) is 4.79 Å². The number of anilines is 1. The number of aromatic nitrogens is 2. The molecule has 0 bridgehead atoms. The number of fused-ring (bicyclic) bond motifs is 3. The molecule has 3 aromatic rings. The first kappa shape index (κ1) is 12.3. The molecule has 2 heterocycles. The number of hydrogen-bond donors (Lipinski definition) is 1. The third kappa shape index (κ3) is 2.03. The van der Waals surface area contributed by atoms with E-state index in [0.29, 0.717) is 0 Å². The summed E-state index contributed by atoms with van der Waals surface area (Å²) in [7, 11) is 3.41. The van der Waals surface area contributed by atoms with Crippen molar-refractivity contribution in [3.8, 4) is 0 Å². The zero-order valence-electron chi connectivity index (χ0n) is 11.3. The van der Waals surface area contributed by atoms with Gasteiger partial charge in [-0.1, -0.05) is 6.07 Å². The zero-order valence-corrected chi connectivity index (χ0v) is 11.3. The SMILES string of the molecule is CN(C)C(=O)Nc1cc2cccnc2c2ncccc12. The predicted molar refractivity (Wildman–Crippen MR) is 79.7 cm³/mol. The number of benzene rings is 1. The van der Waals surface area contributed by atoms with Crippen LogP contribution in [0.3, 0.4) is 0 Å². The molecule has 2 amide bonds. The minimum absolute atomic E-state index is 0.168. The third-order valence-corrected chi connectivity index (χ3v) is 3.11. The molecular weight excluding hydrogens is 252 g/mol. The highest BCUT2D eigenvalue weighted by atomic mass is 16.2. The van der Waals surface area contributed by atoms with Crippen LogP contribution in [0.4, 0.5) is 10.5 Å². The fourth-order valence-electron chi connectivity index (χ4n) is 2.11. The molecular formula is C15H14N4O. The maximum absolute atomic E-state index is 11.9. The van der Waals surface area contributed by atoms with Gasteiger partial charge in [0.05, 0.1) is 16.7 Å². The highest BCUT2D eigenvalue weighted by Gasteiger charge is 2.11. The lowest BCUT2D eigenvalue weighted by Crippen LogP contribution is -2.27. The fraction of sp³-hybridized carbons (Fsp3) is 0.133. The molecule has 3 rings (SSSR count). The van der Waals surface area contributed by atoms with Gasteiger partial charge in [0, 0.05) is 37.3 Å². The van der Waals surface area contributed by atoms with Gasteiger partial charge in [0.15, 0.2) is 0 Å². The number of carbonyl (C=O) groups is 1. The third-order valence-electron chi connectivity index (χ3n) is 3.11. The molecule has 5 nitrogen and oxygen atoms in total. The van der Waals surface area contributed by atoms with E-state index in [2.05, 4.69) is 15.3 Å². The van der Waals surface area contributed by atoms with Crippen molar-refractivity contribution in [2.45, 2.75) is 0 Å². The summed E-state index contributed by atoms with van der Waals surface area (Å²) in [6, 6.07) is 9.37. The van der Waals surface area contributed by atoms with Crippen LogP contribution in [0.25, 0.3) is 21.8 Å². The Morgan fingerprint density at radius 2 is 1.80 bits per heavy atom. The monoisotopic (exact) mass is 266 g/mol. The average molecular weight is 266 g/mol. The lowest BCUT2D eigenvalue weighted by Gasteiger charge is -2.14. The quantitative estimate of drug-likeness (QED) is 0.689. The second-order valence-corrected chi connectivity index (χ2v) is 4.72. The average Bonchev–Trinajstić information content (AvgIpc) is 2.47. The smallest absolute Gasteiger partial charge is 0.321 e. The van der Waals surface area contributed by atoms with Gasteiger partial charge in [-0.25, -0.2) is 4.79 Å². The minimum atomic E-state index is -0.168. The minimum Gasteiger partial charge on any atom is -0.331 e. The molecule has 1 aromatic carbocycles. The number of nitrogens with one attached hydrogen (secondary N) is 1. The van der Waals surface area contributed by atoms with Gasteiger partial charge >= 0.3 is 6.03 Å². The van der Waals surface area contributed by atoms with E-state index in [-0.39, 0.29) is 6.03 Å². The molecule has 0 spiro atoms. The summed E-state index contributed by atoms with van der Waals surface area (Å²) >= 11 is 0. The Morgan fingerprint density at radius 3 is 2.55 bits per heavy atom. The molecule has 2 aromatic heterocycles. The summed E-state index contributed by atoms with van der Waals surface area (Å²) in [4.78, 5) is 22.1. The van der Waals surface area contributed by atoms with Gasteiger partial charge in [-0.05, 0) is 24.3 Å². The van der Waals surface area contributed by atoms with E-state index >= 15 is 0 Å². The molecule has 0 unspecified atom stereocenters. The number of nitrogens with zero attached hydrogens (tertiary/aromatic N) is 3. The zero-order chi connectivity index (χ0) is 14.1. The summed E-state index contributed by atoms with van der Waals surface area (Å²) in [6.45, 7) is 0. The number of pyridine rings is 2. The Morgan fingerprint density at radius 1 is 1.10 bits per heavy atom. The van der Waals surface area contributed by atoms with Gasteiger partial charge in [0.2, 0.25) is 0 Å². The van der Waals surface area contributed by atoms with Crippen molar-refractivity contribution in [2.75, 3.05) is 19.4 Å². The van der Waals surface area contributed by atoms with Crippen molar-refractivity contribution < 1.29 is 4.79 Å². The van der Waals surface area contributed by atoms with Crippen LogP contribution in [0.5, 0.6) is 0 Å². The van der Waals surface area contributed by atoms with Crippen molar-refractivity contribution in [3.63, 3.8) is 0 Å². The first-order valence-corrected chi connectivity index (χ1v) is 6.27. The summed E-state index contributed by atoms with van der Waals surface area (Å²) in [5.74, 6) is 0. The Kier molecular flexibility index (Phi) is 2.95. The highest BCUT2D eigenvalue weighted by molar-refractivity contribution is 6.11. The van der Waals surface area contributed by atoms with Gasteiger partial charge in [-0.2, -0.15) is 0 Å². The van der Waals surface area contributed by atoms with Crippen LogP contribution >= 0.6 is 0 Å². The number of amides is 2. The lowest BCUT2D eigenvalue weighted by molar-refractivity contribution is 0.231. The maximum Gasteiger partial charge on any atom is 0.321 e. The van der Waals surface area contributed by atoms with Crippen LogP contribution < -0.4 is 5.32 Å². The number of carbonyl (C=O) groups excluding carboxylic acids is 1. The van der Waals surface area contributed by atoms with Crippen LogP contribution in [0.15, 0.2) is 42.7 Å². The molecule has 0 aliphatic rings. The highest BCUT2D eigenvalue weighted by Crippen LogP contribution is 2.29. The van der Waals surface area contributed by atoms with Crippen molar-refractivity contribution in [1.82, 2.24) is 14.9 Å². The molecule has 0 saturated carbocycles. The van der Waals surface area contributed by atoms with Crippen LogP contribution in [0, 0.1) is 0 Å². The second-order valence-electron chi connectivity index (χ2n) is 4.72. The molecule has 100 valence electrons. The molecule has 0 aliphatic heterocycles. The largest absolute Gasteiger partial charge is 0.331 e. The molecule has 1 N–H and O–H groups in total. The standard InChI is InChI=1S/C15H14N4O/c1-19(2)15(20)18-12-9-10-5-3-7-16-13(10)14-11(12)6-4-8-17-14/h3-9H,1-2H3,(H,18,20). The van der Waals surface area contributed by atoms with Gasteiger partial charge in [-0.3, -0.25) is 9.97 Å².